The van der Waals surface area contributed by atoms with E-state index in [2.05, 4.69) is 5.32 Å². The molecule has 1 aliphatic heterocycles. The topological polar surface area (TPSA) is 54.3 Å². The highest BCUT2D eigenvalue weighted by Gasteiger charge is 2.24. The molecule has 6 heteroatoms. The number of aromatic nitrogens is 1. The average Bonchev–Trinajstić information content (AvgIpc) is 2.55. The van der Waals surface area contributed by atoms with E-state index in [9.17, 15) is 9.59 Å². The minimum absolute atomic E-state index is 0.0177. The van der Waals surface area contributed by atoms with Crippen LogP contribution in [0, 0.1) is 0 Å². The van der Waals surface area contributed by atoms with E-state index in [1.54, 1.807) is 47.8 Å². The van der Waals surface area contributed by atoms with Crippen molar-refractivity contribution >= 4 is 23.2 Å². The van der Waals surface area contributed by atoms with Crippen LogP contribution in [0.25, 0.3) is 0 Å². The van der Waals surface area contributed by atoms with Crippen molar-refractivity contribution in [1.29, 1.82) is 0 Å². The molecule has 0 fully saturated rings. The van der Waals surface area contributed by atoms with E-state index < -0.39 is 0 Å². The number of carbonyl (C=O) groups is 1. The summed E-state index contributed by atoms with van der Waals surface area (Å²) in [5, 5.41) is 3.56. The third-order valence-electron chi connectivity index (χ3n) is 4.19. The van der Waals surface area contributed by atoms with Gasteiger partial charge in [0.2, 0.25) is 0 Å². The predicted octanol–water partition coefficient (Wildman–Crippen LogP) is 2.28. The lowest BCUT2D eigenvalue weighted by Gasteiger charge is -2.29. The van der Waals surface area contributed by atoms with Gasteiger partial charge in [0.05, 0.1) is 5.56 Å². The Kier molecular flexibility index (Phi) is 4.13. The zero-order valence-electron chi connectivity index (χ0n) is 13.1. The lowest BCUT2D eigenvalue weighted by atomic mass is 10.0. The fourth-order valence-electron chi connectivity index (χ4n) is 2.89. The zero-order chi connectivity index (χ0) is 16.6. The van der Waals surface area contributed by atoms with Crippen LogP contribution < -0.4 is 10.9 Å². The highest BCUT2D eigenvalue weighted by molar-refractivity contribution is 6.31. The lowest BCUT2D eigenvalue weighted by Crippen LogP contribution is -2.37. The van der Waals surface area contributed by atoms with Gasteiger partial charge in [0.25, 0.3) is 11.5 Å². The van der Waals surface area contributed by atoms with Gasteiger partial charge in [-0.3, -0.25) is 9.59 Å². The standard InChI is InChI=1S/C17H18ClN3O2/c1-19-15-4-3-13(18)8-14(15)17(23)21-6-5-11-7-16(22)20(2)9-12(11)10-21/h3-4,7-9,19H,5-6,10H2,1-2H3. The summed E-state index contributed by atoms with van der Waals surface area (Å²) in [6.07, 6.45) is 2.50. The minimum atomic E-state index is -0.0589. The third kappa shape index (κ3) is 2.97. The molecule has 0 bridgehead atoms. The molecular formula is C17H18ClN3O2. The maximum atomic E-state index is 12.9. The number of aryl methyl sites for hydroxylation is 1. The number of halogens is 1. The second kappa shape index (κ2) is 6.08. The fourth-order valence-corrected chi connectivity index (χ4v) is 3.07. The first-order valence-corrected chi connectivity index (χ1v) is 7.82. The predicted molar refractivity (Wildman–Crippen MR) is 91.1 cm³/mol. The van der Waals surface area contributed by atoms with Crippen LogP contribution in [0.2, 0.25) is 5.02 Å². The molecular weight excluding hydrogens is 314 g/mol. The number of hydrogen-bond donors (Lipinski definition) is 1. The van der Waals surface area contributed by atoms with Gasteiger partial charge in [0.1, 0.15) is 0 Å². The molecule has 2 aromatic rings. The monoisotopic (exact) mass is 331 g/mol. The molecule has 3 rings (SSSR count). The second-order valence-corrected chi connectivity index (χ2v) is 6.13. The first kappa shape index (κ1) is 15.6. The number of amides is 1. The van der Waals surface area contributed by atoms with Crippen molar-refractivity contribution in [3.8, 4) is 0 Å². The largest absolute Gasteiger partial charge is 0.387 e. The Morgan fingerprint density at radius 3 is 2.78 bits per heavy atom. The van der Waals surface area contributed by atoms with Crippen LogP contribution in [0.3, 0.4) is 0 Å². The maximum Gasteiger partial charge on any atom is 0.256 e. The summed E-state index contributed by atoms with van der Waals surface area (Å²) >= 11 is 6.04. The molecule has 0 radical (unpaired) electrons. The molecule has 1 N–H and O–H groups in total. The molecule has 1 aliphatic rings. The SMILES string of the molecule is CNc1ccc(Cl)cc1C(=O)N1CCc2cc(=O)n(C)cc2C1. The van der Waals surface area contributed by atoms with Gasteiger partial charge in [0, 0.05) is 50.2 Å². The van der Waals surface area contributed by atoms with E-state index in [1.165, 1.54) is 0 Å². The summed E-state index contributed by atoms with van der Waals surface area (Å²) in [5.74, 6) is -0.0589. The van der Waals surface area contributed by atoms with Crippen LogP contribution in [0.1, 0.15) is 21.5 Å². The summed E-state index contributed by atoms with van der Waals surface area (Å²) in [5.41, 5.74) is 3.34. The van der Waals surface area contributed by atoms with Crippen LogP contribution in [-0.2, 0) is 20.0 Å². The van der Waals surface area contributed by atoms with Crippen molar-refractivity contribution < 1.29 is 4.79 Å². The van der Waals surface area contributed by atoms with Crippen molar-refractivity contribution in [3.63, 3.8) is 0 Å². The fraction of sp³-hybridized carbons (Fsp3) is 0.294. The Bertz CT molecular complexity index is 829. The van der Waals surface area contributed by atoms with Crippen LogP contribution >= 0.6 is 11.6 Å². The molecule has 1 amide bonds. The van der Waals surface area contributed by atoms with Gasteiger partial charge in [-0.2, -0.15) is 0 Å². The molecule has 0 saturated heterocycles. The van der Waals surface area contributed by atoms with Gasteiger partial charge in [-0.25, -0.2) is 0 Å². The number of anilines is 1. The van der Waals surface area contributed by atoms with E-state index in [4.69, 9.17) is 11.6 Å². The zero-order valence-corrected chi connectivity index (χ0v) is 13.9. The first-order valence-electron chi connectivity index (χ1n) is 7.44. The molecule has 0 aliphatic carbocycles. The molecule has 5 nitrogen and oxygen atoms in total. The number of carbonyl (C=O) groups excluding carboxylic acids is 1. The molecule has 0 saturated carbocycles. The van der Waals surface area contributed by atoms with Gasteiger partial charge >= 0.3 is 0 Å². The summed E-state index contributed by atoms with van der Waals surface area (Å²) in [6.45, 7) is 1.09. The molecule has 0 unspecified atom stereocenters. The van der Waals surface area contributed by atoms with Crippen molar-refractivity contribution in [2.24, 2.45) is 7.05 Å². The highest BCUT2D eigenvalue weighted by Crippen LogP contribution is 2.25. The van der Waals surface area contributed by atoms with Gasteiger partial charge in [0.15, 0.2) is 0 Å². The minimum Gasteiger partial charge on any atom is -0.387 e. The first-order chi connectivity index (χ1) is 11.0. The number of nitrogens with one attached hydrogen (secondary N) is 1. The summed E-state index contributed by atoms with van der Waals surface area (Å²) in [7, 11) is 3.50. The number of pyridine rings is 1. The number of nitrogens with zero attached hydrogens (tertiary/aromatic N) is 2. The van der Waals surface area contributed by atoms with Crippen LogP contribution in [0.4, 0.5) is 5.69 Å². The van der Waals surface area contributed by atoms with Gasteiger partial charge in [-0.1, -0.05) is 11.6 Å². The molecule has 1 aromatic carbocycles. The average molecular weight is 332 g/mol. The van der Waals surface area contributed by atoms with E-state index in [1.807, 2.05) is 6.20 Å². The Morgan fingerprint density at radius 2 is 2.04 bits per heavy atom. The second-order valence-electron chi connectivity index (χ2n) is 5.69. The summed E-state index contributed by atoms with van der Waals surface area (Å²) < 4.78 is 1.55. The number of rotatable bonds is 2. The molecule has 0 atom stereocenters. The van der Waals surface area contributed by atoms with Crippen molar-refractivity contribution in [2.45, 2.75) is 13.0 Å². The Morgan fingerprint density at radius 1 is 1.26 bits per heavy atom. The van der Waals surface area contributed by atoms with Crippen molar-refractivity contribution in [1.82, 2.24) is 9.47 Å². The number of hydrogen-bond acceptors (Lipinski definition) is 3. The number of benzene rings is 1. The summed E-state index contributed by atoms with van der Waals surface area (Å²) in [6, 6.07) is 6.91. The van der Waals surface area contributed by atoms with E-state index in [0.29, 0.717) is 30.1 Å². The van der Waals surface area contributed by atoms with Gasteiger partial charge < -0.3 is 14.8 Å². The normalized spacial score (nSPS) is 13.6. The molecule has 120 valence electrons. The third-order valence-corrected chi connectivity index (χ3v) is 4.42. The van der Waals surface area contributed by atoms with E-state index >= 15 is 0 Å². The van der Waals surface area contributed by atoms with Gasteiger partial charge in [-0.05, 0) is 35.7 Å². The Balaban J connectivity index is 1.92. The molecule has 1 aromatic heterocycles. The molecule has 2 heterocycles. The molecule has 23 heavy (non-hydrogen) atoms. The van der Waals surface area contributed by atoms with E-state index in [-0.39, 0.29) is 11.5 Å². The quantitative estimate of drug-likeness (QED) is 0.918. The smallest absolute Gasteiger partial charge is 0.256 e. The Labute approximate surface area is 139 Å². The van der Waals surface area contributed by atoms with Crippen LogP contribution in [0.5, 0.6) is 0 Å². The maximum absolute atomic E-state index is 12.9. The lowest BCUT2D eigenvalue weighted by molar-refractivity contribution is 0.0735. The van der Waals surface area contributed by atoms with Crippen LogP contribution in [-0.4, -0.2) is 29.0 Å². The Hall–Kier alpha value is -2.27. The molecule has 0 spiro atoms. The van der Waals surface area contributed by atoms with E-state index in [0.717, 1.165) is 16.8 Å². The highest BCUT2D eigenvalue weighted by atomic mass is 35.5. The van der Waals surface area contributed by atoms with Gasteiger partial charge in [-0.15, -0.1) is 0 Å². The summed E-state index contributed by atoms with van der Waals surface area (Å²) in [4.78, 5) is 26.4. The van der Waals surface area contributed by atoms with Crippen molar-refractivity contribution in [2.75, 3.05) is 18.9 Å². The van der Waals surface area contributed by atoms with Crippen LogP contribution in [0.15, 0.2) is 35.3 Å². The van der Waals surface area contributed by atoms with Crippen molar-refractivity contribution in [3.05, 3.63) is 62.5 Å². The number of fused-ring (bicyclic) bond motifs is 1.